The Kier molecular flexibility index (Phi) is 4.62. The fourth-order valence-electron chi connectivity index (χ4n) is 2.72. The summed E-state index contributed by atoms with van der Waals surface area (Å²) < 4.78 is 28.0. The lowest BCUT2D eigenvalue weighted by Crippen LogP contribution is -2.42. The molecule has 1 N–H and O–H groups in total. The summed E-state index contributed by atoms with van der Waals surface area (Å²) in [5.41, 5.74) is 0.837. The van der Waals surface area contributed by atoms with Crippen LogP contribution in [0.5, 0.6) is 0 Å². The van der Waals surface area contributed by atoms with Gasteiger partial charge in [-0.1, -0.05) is 11.6 Å². The number of rotatable bonds is 5. The lowest BCUT2D eigenvalue weighted by molar-refractivity contribution is 0.260. The van der Waals surface area contributed by atoms with E-state index in [0.29, 0.717) is 33.6 Å². The number of hydrogen-bond donors (Lipinski definition) is 1. The van der Waals surface area contributed by atoms with Crippen molar-refractivity contribution in [3.05, 3.63) is 16.0 Å². The van der Waals surface area contributed by atoms with Crippen LogP contribution in [0, 0.1) is 12.8 Å². The van der Waals surface area contributed by atoms with E-state index in [0.717, 1.165) is 36.3 Å². The second-order valence-electron chi connectivity index (χ2n) is 6.08. The first-order valence-corrected chi connectivity index (χ1v) is 10.1. The zero-order valence-corrected chi connectivity index (χ0v) is 14.5. The summed E-state index contributed by atoms with van der Waals surface area (Å²) in [6.45, 7) is 4.02. The van der Waals surface area contributed by atoms with Crippen molar-refractivity contribution >= 4 is 33.0 Å². The van der Waals surface area contributed by atoms with E-state index in [9.17, 15) is 8.42 Å². The molecule has 0 radical (unpaired) electrons. The summed E-state index contributed by atoms with van der Waals surface area (Å²) in [6.07, 6.45) is 4.58. The predicted molar refractivity (Wildman–Crippen MR) is 86.6 cm³/mol. The maximum absolute atomic E-state index is 12.7. The molecule has 7 heteroatoms. The van der Waals surface area contributed by atoms with Gasteiger partial charge in [-0.2, -0.15) is 4.31 Å². The van der Waals surface area contributed by atoms with Gasteiger partial charge in [0.2, 0.25) is 0 Å². The van der Waals surface area contributed by atoms with Crippen LogP contribution in [0.25, 0.3) is 0 Å². The number of sulfonamides is 1. The SMILES string of the molecule is Cc1cc(S(=O)(=O)N2CCCC(CNC3CC3)C2)sc1Cl. The van der Waals surface area contributed by atoms with Crippen molar-refractivity contribution in [2.75, 3.05) is 19.6 Å². The molecule has 21 heavy (non-hydrogen) atoms. The lowest BCUT2D eigenvalue weighted by Gasteiger charge is -2.31. The topological polar surface area (TPSA) is 49.4 Å². The minimum absolute atomic E-state index is 0.376. The number of halogens is 1. The monoisotopic (exact) mass is 348 g/mol. The largest absolute Gasteiger partial charge is 0.314 e. The Hall–Kier alpha value is -0.140. The molecule has 3 rings (SSSR count). The highest BCUT2D eigenvalue weighted by Crippen LogP contribution is 2.33. The maximum Gasteiger partial charge on any atom is 0.252 e. The van der Waals surface area contributed by atoms with E-state index in [1.165, 1.54) is 12.8 Å². The lowest BCUT2D eigenvalue weighted by atomic mass is 10.00. The van der Waals surface area contributed by atoms with Crippen LogP contribution in [0.1, 0.15) is 31.2 Å². The molecule has 2 fully saturated rings. The first-order chi connectivity index (χ1) is 9.96. The van der Waals surface area contributed by atoms with Crippen molar-refractivity contribution in [3.8, 4) is 0 Å². The summed E-state index contributed by atoms with van der Waals surface area (Å²) >= 11 is 7.18. The van der Waals surface area contributed by atoms with Crippen LogP contribution in [-0.4, -0.2) is 38.4 Å². The molecule has 1 atom stereocenters. The van der Waals surface area contributed by atoms with Gasteiger partial charge in [-0.3, -0.25) is 0 Å². The zero-order chi connectivity index (χ0) is 15.0. The molecule has 0 aromatic carbocycles. The number of piperidine rings is 1. The van der Waals surface area contributed by atoms with Gasteiger partial charge in [0.1, 0.15) is 4.21 Å². The molecule has 4 nitrogen and oxygen atoms in total. The quantitative estimate of drug-likeness (QED) is 0.890. The van der Waals surface area contributed by atoms with E-state index >= 15 is 0 Å². The van der Waals surface area contributed by atoms with Crippen LogP contribution in [0.15, 0.2) is 10.3 Å². The highest BCUT2D eigenvalue weighted by atomic mass is 35.5. The molecule has 1 saturated carbocycles. The highest BCUT2D eigenvalue weighted by Gasteiger charge is 2.32. The van der Waals surface area contributed by atoms with Crippen LogP contribution in [-0.2, 0) is 10.0 Å². The number of nitrogens with zero attached hydrogens (tertiary/aromatic N) is 1. The first kappa shape index (κ1) is 15.7. The fourth-order valence-corrected chi connectivity index (χ4v) is 6.14. The van der Waals surface area contributed by atoms with Crippen molar-refractivity contribution in [1.82, 2.24) is 9.62 Å². The summed E-state index contributed by atoms with van der Waals surface area (Å²) in [5, 5.41) is 3.51. The zero-order valence-electron chi connectivity index (χ0n) is 12.1. The smallest absolute Gasteiger partial charge is 0.252 e. The van der Waals surface area contributed by atoms with Crippen LogP contribution >= 0.6 is 22.9 Å². The van der Waals surface area contributed by atoms with Crippen molar-refractivity contribution in [3.63, 3.8) is 0 Å². The van der Waals surface area contributed by atoms with Crippen LogP contribution in [0.4, 0.5) is 0 Å². The van der Waals surface area contributed by atoms with Gasteiger partial charge in [0.05, 0.1) is 4.34 Å². The molecule has 118 valence electrons. The molecule has 1 aliphatic carbocycles. The number of hydrogen-bond acceptors (Lipinski definition) is 4. The Labute approximate surface area is 135 Å². The minimum atomic E-state index is -3.38. The van der Waals surface area contributed by atoms with Crippen molar-refractivity contribution in [1.29, 1.82) is 0 Å². The van der Waals surface area contributed by atoms with Gasteiger partial charge in [-0.15, -0.1) is 11.3 Å². The molecule has 0 bridgehead atoms. The molecule has 2 heterocycles. The van der Waals surface area contributed by atoms with Crippen LogP contribution < -0.4 is 5.32 Å². The van der Waals surface area contributed by atoms with E-state index in [4.69, 9.17) is 11.6 Å². The number of aryl methyl sites for hydroxylation is 1. The van der Waals surface area contributed by atoms with E-state index in [-0.39, 0.29) is 0 Å². The van der Waals surface area contributed by atoms with Gasteiger partial charge in [-0.25, -0.2) is 8.42 Å². The van der Waals surface area contributed by atoms with Crippen molar-refractivity contribution in [2.24, 2.45) is 5.92 Å². The molecular formula is C14H21ClN2O2S2. The molecule has 1 unspecified atom stereocenters. The first-order valence-electron chi connectivity index (χ1n) is 7.46. The molecule has 2 aliphatic rings. The highest BCUT2D eigenvalue weighted by molar-refractivity contribution is 7.91. The summed E-state index contributed by atoms with van der Waals surface area (Å²) in [4.78, 5) is 0. The van der Waals surface area contributed by atoms with Gasteiger partial charge < -0.3 is 5.32 Å². The van der Waals surface area contributed by atoms with Gasteiger partial charge in [0.25, 0.3) is 10.0 Å². The van der Waals surface area contributed by atoms with E-state index < -0.39 is 10.0 Å². The van der Waals surface area contributed by atoms with Gasteiger partial charge in [0, 0.05) is 19.1 Å². The molecule has 1 saturated heterocycles. The van der Waals surface area contributed by atoms with E-state index in [1.54, 1.807) is 10.4 Å². The summed E-state index contributed by atoms with van der Waals surface area (Å²) in [6, 6.07) is 2.37. The molecule has 1 aliphatic heterocycles. The molecular weight excluding hydrogens is 328 g/mol. The van der Waals surface area contributed by atoms with E-state index in [2.05, 4.69) is 5.32 Å². The van der Waals surface area contributed by atoms with Crippen molar-refractivity contribution in [2.45, 2.75) is 42.9 Å². The Bertz CT molecular complexity index is 591. The molecule has 0 spiro atoms. The molecule has 1 aromatic heterocycles. The fraction of sp³-hybridized carbons (Fsp3) is 0.714. The number of nitrogens with one attached hydrogen (secondary N) is 1. The van der Waals surface area contributed by atoms with Gasteiger partial charge in [-0.05, 0) is 56.7 Å². The third-order valence-corrected chi connectivity index (χ3v) is 8.05. The van der Waals surface area contributed by atoms with Crippen LogP contribution in [0.2, 0.25) is 4.34 Å². The Morgan fingerprint density at radius 2 is 2.19 bits per heavy atom. The molecule has 0 amide bonds. The molecule has 1 aromatic rings. The average molecular weight is 349 g/mol. The minimum Gasteiger partial charge on any atom is -0.314 e. The summed E-state index contributed by atoms with van der Waals surface area (Å²) in [5.74, 6) is 0.422. The Balaban J connectivity index is 1.68. The van der Waals surface area contributed by atoms with Crippen LogP contribution in [0.3, 0.4) is 0 Å². The number of thiophene rings is 1. The standard InChI is InChI=1S/C14H21ClN2O2S2/c1-10-7-13(20-14(10)15)21(18,19)17-6-2-3-11(9-17)8-16-12-4-5-12/h7,11-12,16H,2-6,8-9H2,1H3. The Morgan fingerprint density at radius 3 is 2.81 bits per heavy atom. The summed E-state index contributed by atoms with van der Waals surface area (Å²) in [7, 11) is -3.38. The van der Waals surface area contributed by atoms with Gasteiger partial charge in [0.15, 0.2) is 0 Å². The van der Waals surface area contributed by atoms with Gasteiger partial charge >= 0.3 is 0 Å². The second-order valence-corrected chi connectivity index (χ2v) is 9.90. The van der Waals surface area contributed by atoms with Crippen molar-refractivity contribution < 1.29 is 8.42 Å². The Morgan fingerprint density at radius 1 is 1.43 bits per heavy atom. The predicted octanol–water partition coefficient (Wildman–Crippen LogP) is 2.86. The third kappa shape index (κ3) is 3.62. The second kappa shape index (κ2) is 6.16. The van der Waals surface area contributed by atoms with E-state index in [1.807, 2.05) is 6.92 Å². The maximum atomic E-state index is 12.7. The average Bonchev–Trinajstić information content (AvgIpc) is 3.23. The normalized spacial score (nSPS) is 24.4. The third-order valence-electron chi connectivity index (χ3n) is 4.18.